The van der Waals surface area contributed by atoms with Crippen molar-refractivity contribution in [3.63, 3.8) is 0 Å². The van der Waals surface area contributed by atoms with Crippen molar-refractivity contribution in [2.24, 2.45) is 0 Å². The molecule has 0 amide bonds. The summed E-state index contributed by atoms with van der Waals surface area (Å²) in [6, 6.07) is 6.68. The summed E-state index contributed by atoms with van der Waals surface area (Å²) in [6.45, 7) is 4.01. The number of aromatic nitrogens is 3. The summed E-state index contributed by atoms with van der Waals surface area (Å²) in [5.74, 6) is 0.663. The number of hydrogen-bond acceptors (Lipinski definition) is 5. The van der Waals surface area contributed by atoms with E-state index in [-0.39, 0.29) is 0 Å². The predicted molar refractivity (Wildman–Crippen MR) is 96.8 cm³/mol. The van der Waals surface area contributed by atoms with Gasteiger partial charge in [-0.1, -0.05) is 0 Å². The van der Waals surface area contributed by atoms with E-state index in [1.807, 2.05) is 22.8 Å². The second-order valence-electron chi connectivity index (χ2n) is 6.49. The molecule has 126 valence electrons. The van der Waals surface area contributed by atoms with Crippen molar-refractivity contribution in [1.82, 2.24) is 19.5 Å². The van der Waals surface area contributed by atoms with E-state index >= 15 is 0 Å². The molecule has 5 nitrogen and oxygen atoms in total. The first-order chi connectivity index (χ1) is 11.7. The molecule has 0 radical (unpaired) electrons. The maximum atomic E-state index is 5.91. The lowest BCUT2D eigenvalue weighted by molar-refractivity contribution is 0.227. The molecule has 1 aliphatic rings. The first-order valence-corrected chi connectivity index (χ1v) is 9.32. The number of aryl methyl sites for hydroxylation is 1. The van der Waals surface area contributed by atoms with Crippen molar-refractivity contribution in [1.29, 1.82) is 0 Å². The van der Waals surface area contributed by atoms with Gasteiger partial charge in [-0.2, -0.15) is 0 Å². The fraction of sp³-hybridized carbons (Fsp3) is 0.444. The second-order valence-corrected chi connectivity index (χ2v) is 7.40. The average molecular weight is 342 g/mol. The normalized spacial score (nSPS) is 18.5. The van der Waals surface area contributed by atoms with Gasteiger partial charge in [0, 0.05) is 12.1 Å². The van der Waals surface area contributed by atoms with E-state index in [0.717, 1.165) is 17.8 Å². The van der Waals surface area contributed by atoms with Crippen LogP contribution in [0.15, 0.2) is 29.8 Å². The number of fused-ring (bicyclic) bond motifs is 1. The van der Waals surface area contributed by atoms with Gasteiger partial charge in [0.25, 0.3) is 0 Å². The standard InChI is InChI=1S/C18H22N4OS/c1-13-10-16(24-12-13)15-11-19-17-5-6-18(20-22(15)17)23-9-7-14-4-3-8-21(14)2/h5-6,10-12,14H,3-4,7-9H2,1-2H3. The SMILES string of the molecule is Cc1csc(-c2cnc3ccc(OCCC4CCCN4C)nn23)c1. The van der Waals surface area contributed by atoms with E-state index in [0.29, 0.717) is 18.5 Å². The van der Waals surface area contributed by atoms with E-state index in [1.54, 1.807) is 11.3 Å². The van der Waals surface area contributed by atoms with Crippen molar-refractivity contribution in [3.8, 4) is 16.5 Å². The molecule has 6 heteroatoms. The molecule has 0 N–H and O–H groups in total. The number of likely N-dealkylation sites (tertiary alicyclic amines) is 1. The van der Waals surface area contributed by atoms with Gasteiger partial charge in [0.05, 0.1) is 17.7 Å². The van der Waals surface area contributed by atoms with Crippen molar-refractivity contribution in [2.75, 3.05) is 20.2 Å². The highest BCUT2D eigenvalue weighted by Crippen LogP contribution is 2.27. The zero-order chi connectivity index (χ0) is 16.5. The van der Waals surface area contributed by atoms with Crippen LogP contribution in [0.5, 0.6) is 5.88 Å². The molecule has 0 aromatic carbocycles. The Hall–Kier alpha value is -1.92. The minimum Gasteiger partial charge on any atom is -0.477 e. The van der Waals surface area contributed by atoms with Gasteiger partial charge in [-0.05, 0) is 62.9 Å². The van der Waals surface area contributed by atoms with E-state index in [2.05, 4.69) is 40.4 Å². The van der Waals surface area contributed by atoms with Crippen molar-refractivity contribution in [3.05, 3.63) is 35.3 Å². The first-order valence-electron chi connectivity index (χ1n) is 8.44. The molecule has 1 unspecified atom stereocenters. The third-order valence-electron chi connectivity index (χ3n) is 4.69. The van der Waals surface area contributed by atoms with Gasteiger partial charge in [-0.3, -0.25) is 0 Å². The lowest BCUT2D eigenvalue weighted by Crippen LogP contribution is -2.26. The van der Waals surface area contributed by atoms with E-state index < -0.39 is 0 Å². The number of imidazole rings is 1. The van der Waals surface area contributed by atoms with Crippen LogP contribution in [0.4, 0.5) is 0 Å². The fourth-order valence-corrected chi connectivity index (χ4v) is 4.21. The smallest absolute Gasteiger partial charge is 0.231 e. The van der Waals surface area contributed by atoms with Gasteiger partial charge in [0.15, 0.2) is 5.65 Å². The molecule has 24 heavy (non-hydrogen) atoms. The number of hydrogen-bond donors (Lipinski definition) is 0. The van der Waals surface area contributed by atoms with Crippen molar-refractivity contribution < 1.29 is 4.74 Å². The van der Waals surface area contributed by atoms with E-state index in [4.69, 9.17) is 4.74 Å². The molecule has 0 saturated carbocycles. The molecular formula is C18H22N4OS. The second kappa shape index (κ2) is 6.53. The van der Waals surface area contributed by atoms with Crippen LogP contribution >= 0.6 is 11.3 Å². The average Bonchev–Trinajstić information content (AvgIpc) is 3.28. The highest BCUT2D eigenvalue weighted by molar-refractivity contribution is 7.13. The third-order valence-corrected chi connectivity index (χ3v) is 5.76. The van der Waals surface area contributed by atoms with Crippen molar-refractivity contribution in [2.45, 2.75) is 32.2 Å². The minimum atomic E-state index is 0.645. The van der Waals surface area contributed by atoms with Gasteiger partial charge in [-0.15, -0.1) is 16.4 Å². The molecule has 0 aliphatic carbocycles. The Bertz CT molecular complexity index is 841. The summed E-state index contributed by atoms with van der Waals surface area (Å²) in [6.07, 6.45) is 5.50. The number of thiophene rings is 1. The summed E-state index contributed by atoms with van der Waals surface area (Å²) >= 11 is 1.72. The summed E-state index contributed by atoms with van der Waals surface area (Å²) in [7, 11) is 2.20. The van der Waals surface area contributed by atoms with Crippen LogP contribution in [0.2, 0.25) is 0 Å². The van der Waals surface area contributed by atoms with E-state index in [1.165, 1.54) is 29.8 Å². The zero-order valence-corrected chi connectivity index (χ0v) is 14.9. The van der Waals surface area contributed by atoms with Gasteiger partial charge in [0.1, 0.15) is 5.69 Å². The Morgan fingerprint density at radius 3 is 3.04 bits per heavy atom. The maximum absolute atomic E-state index is 5.91. The molecule has 1 fully saturated rings. The highest BCUT2D eigenvalue weighted by Gasteiger charge is 2.20. The lowest BCUT2D eigenvalue weighted by Gasteiger charge is -2.19. The van der Waals surface area contributed by atoms with Crippen molar-refractivity contribution >= 4 is 17.0 Å². The van der Waals surface area contributed by atoms with Gasteiger partial charge in [-0.25, -0.2) is 9.50 Å². The molecule has 3 aromatic heterocycles. The van der Waals surface area contributed by atoms with Crippen LogP contribution in [-0.4, -0.2) is 45.7 Å². The molecule has 1 aliphatic heterocycles. The van der Waals surface area contributed by atoms with Crippen LogP contribution in [0.1, 0.15) is 24.8 Å². The molecule has 3 aromatic rings. The first kappa shape index (κ1) is 15.6. The van der Waals surface area contributed by atoms with Crippen LogP contribution in [-0.2, 0) is 0 Å². The molecule has 0 spiro atoms. The summed E-state index contributed by atoms with van der Waals surface area (Å²) < 4.78 is 7.78. The maximum Gasteiger partial charge on any atom is 0.231 e. The zero-order valence-electron chi connectivity index (χ0n) is 14.1. The number of nitrogens with zero attached hydrogens (tertiary/aromatic N) is 4. The molecule has 1 saturated heterocycles. The fourth-order valence-electron chi connectivity index (χ4n) is 3.31. The number of ether oxygens (including phenoxy) is 1. The molecule has 0 bridgehead atoms. The van der Waals surface area contributed by atoms with Gasteiger partial charge < -0.3 is 9.64 Å². The monoisotopic (exact) mass is 342 g/mol. The summed E-state index contributed by atoms with van der Waals surface area (Å²) in [5, 5.41) is 6.77. The highest BCUT2D eigenvalue weighted by atomic mass is 32.1. The Morgan fingerprint density at radius 2 is 2.29 bits per heavy atom. The third kappa shape index (κ3) is 3.03. The summed E-state index contributed by atoms with van der Waals surface area (Å²) in [4.78, 5) is 8.05. The van der Waals surface area contributed by atoms with Crippen LogP contribution in [0.3, 0.4) is 0 Å². The largest absolute Gasteiger partial charge is 0.477 e. The lowest BCUT2D eigenvalue weighted by atomic mass is 10.1. The molecular weight excluding hydrogens is 320 g/mol. The molecule has 4 rings (SSSR count). The molecule has 1 atom stereocenters. The number of rotatable bonds is 5. The van der Waals surface area contributed by atoms with Crippen LogP contribution < -0.4 is 4.74 Å². The van der Waals surface area contributed by atoms with E-state index in [9.17, 15) is 0 Å². The quantitative estimate of drug-likeness (QED) is 0.710. The Labute approximate surface area is 145 Å². The Kier molecular flexibility index (Phi) is 4.24. The molecule has 4 heterocycles. The minimum absolute atomic E-state index is 0.645. The Balaban J connectivity index is 1.50. The topological polar surface area (TPSA) is 42.7 Å². The van der Waals surface area contributed by atoms with Gasteiger partial charge in [0.2, 0.25) is 5.88 Å². The predicted octanol–water partition coefficient (Wildman–Crippen LogP) is 3.63. The van der Waals surface area contributed by atoms with Crippen LogP contribution in [0, 0.1) is 6.92 Å². The Morgan fingerprint density at radius 1 is 1.38 bits per heavy atom. The van der Waals surface area contributed by atoms with Gasteiger partial charge >= 0.3 is 0 Å². The summed E-state index contributed by atoms with van der Waals surface area (Å²) in [5.41, 5.74) is 3.13. The van der Waals surface area contributed by atoms with Crippen LogP contribution in [0.25, 0.3) is 16.2 Å².